The molecule has 1 saturated heterocycles. The summed E-state index contributed by atoms with van der Waals surface area (Å²) in [6.07, 6.45) is 2.49. The van der Waals surface area contributed by atoms with Crippen LogP contribution in [0, 0.1) is 12.8 Å². The summed E-state index contributed by atoms with van der Waals surface area (Å²) in [5.74, 6) is 0.741. The van der Waals surface area contributed by atoms with E-state index in [9.17, 15) is 0 Å². The molecule has 1 atom stereocenters. The van der Waals surface area contributed by atoms with E-state index in [0.29, 0.717) is 0 Å². The Labute approximate surface area is 111 Å². The van der Waals surface area contributed by atoms with Gasteiger partial charge in [0.25, 0.3) is 0 Å². The van der Waals surface area contributed by atoms with Gasteiger partial charge in [0, 0.05) is 19.6 Å². The highest BCUT2D eigenvalue weighted by atomic mass is 15.1. The molecule has 1 heterocycles. The second-order valence-corrected chi connectivity index (χ2v) is 5.70. The maximum atomic E-state index is 3.46. The van der Waals surface area contributed by atoms with E-state index in [1.54, 1.807) is 0 Å². The van der Waals surface area contributed by atoms with Gasteiger partial charge in [-0.1, -0.05) is 36.8 Å². The molecule has 1 fully saturated rings. The first-order valence-electron chi connectivity index (χ1n) is 7.22. The third-order valence-electron chi connectivity index (χ3n) is 3.71. The van der Waals surface area contributed by atoms with Crippen molar-refractivity contribution in [2.45, 2.75) is 26.7 Å². The summed E-state index contributed by atoms with van der Waals surface area (Å²) >= 11 is 0. The van der Waals surface area contributed by atoms with Crippen LogP contribution < -0.4 is 5.32 Å². The smallest absolute Gasteiger partial charge is 0.0107 e. The summed E-state index contributed by atoms with van der Waals surface area (Å²) in [6, 6.07) is 8.99. The normalized spacial score (nSPS) is 19.4. The van der Waals surface area contributed by atoms with E-state index < -0.39 is 0 Å². The van der Waals surface area contributed by atoms with Crippen LogP contribution in [0.15, 0.2) is 24.3 Å². The molecular weight excluding hydrogens is 220 g/mol. The van der Waals surface area contributed by atoms with Crippen LogP contribution in [0.5, 0.6) is 0 Å². The van der Waals surface area contributed by atoms with E-state index in [0.717, 1.165) is 12.5 Å². The molecule has 0 saturated carbocycles. The van der Waals surface area contributed by atoms with Gasteiger partial charge in [0.15, 0.2) is 0 Å². The number of benzene rings is 1. The molecule has 18 heavy (non-hydrogen) atoms. The Morgan fingerprint density at radius 3 is 2.72 bits per heavy atom. The number of rotatable bonds is 4. The highest BCUT2D eigenvalue weighted by Crippen LogP contribution is 2.12. The lowest BCUT2D eigenvalue weighted by atomic mass is 9.99. The Kier molecular flexibility index (Phi) is 5.21. The molecule has 1 aliphatic rings. The van der Waals surface area contributed by atoms with E-state index in [2.05, 4.69) is 48.3 Å². The number of hydrogen-bond acceptors (Lipinski definition) is 2. The fourth-order valence-electron chi connectivity index (χ4n) is 2.72. The van der Waals surface area contributed by atoms with E-state index in [1.165, 1.54) is 50.1 Å². The van der Waals surface area contributed by atoms with Gasteiger partial charge in [-0.2, -0.15) is 0 Å². The van der Waals surface area contributed by atoms with E-state index in [4.69, 9.17) is 0 Å². The first-order valence-corrected chi connectivity index (χ1v) is 7.22. The third kappa shape index (κ3) is 4.43. The Bertz CT molecular complexity index is 337. The number of hydrogen-bond donors (Lipinski definition) is 1. The minimum Gasteiger partial charge on any atom is -0.315 e. The predicted molar refractivity (Wildman–Crippen MR) is 78.0 cm³/mol. The lowest BCUT2D eigenvalue weighted by Gasteiger charge is -2.23. The number of aryl methyl sites for hydroxylation is 1. The quantitative estimate of drug-likeness (QED) is 0.878. The van der Waals surface area contributed by atoms with Crippen molar-refractivity contribution in [1.29, 1.82) is 0 Å². The lowest BCUT2D eigenvalue weighted by Crippen LogP contribution is -2.32. The summed E-state index contributed by atoms with van der Waals surface area (Å²) in [4.78, 5) is 2.61. The van der Waals surface area contributed by atoms with Gasteiger partial charge in [0.1, 0.15) is 0 Å². The molecule has 0 aromatic heterocycles. The average Bonchev–Trinajstić information content (AvgIpc) is 2.61. The van der Waals surface area contributed by atoms with Crippen LogP contribution in [-0.4, -0.2) is 37.6 Å². The van der Waals surface area contributed by atoms with Crippen molar-refractivity contribution >= 4 is 0 Å². The zero-order chi connectivity index (χ0) is 12.8. The SMILES string of the molecule is Cc1ccc(CC(C)CN2CCCNCC2)cc1. The average molecular weight is 246 g/mol. The molecule has 2 heteroatoms. The fourth-order valence-corrected chi connectivity index (χ4v) is 2.72. The Morgan fingerprint density at radius 1 is 1.17 bits per heavy atom. The highest BCUT2D eigenvalue weighted by molar-refractivity contribution is 5.21. The summed E-state index contributed by atoms with van der Waals surface area (Å²) in [5, 5.41) is 3.46. The van der Waals surface area contributed by atoms with Crippen LogP contribution in [0.25, 0.3) is 0 Å². The van der Waals surface area contributed by atoms with Crippen LogP contribution in [-0.2, 0) is 6.42 Å². The Hall–Kier alpha value is -0.860. The topological polar surface area (TPSA) is 15.3 Å². The standard InChI is InChI=1S/C16H26N2/c1-14-4-6-16(7-5-14)12-15(2)13-18-10-3-8-17-9-11-18/h4-7,15,17H,3,8-13H2,1-2H3. The molecule has 0 radical (unpaired) electrons. The van der Waals surface area contributed by atoms with Crippen LogP contribution in [0.1, 0.15) is 24.5 Å². The van der Waals surface area contributed by atoms with Gasteiger partial charge in [-0.05, 0) is 44.3 Å². The first kappa shape index (κ1) is 13.6. The van der Waals surface area contributed by atoms with Crippen molar-refractivity contribution in [3.63, 3.8) is 0 Å². The molecular formula is C16H26N2. The minimum atomic E-state index is 0.741. The maximum absolute atomic E-state index is 3.46. The molecule has 1 aromatic rings. The molecule has 1 N–H and O–H groups in total. The minimum absolute atomic E-state index is 0.741. The molecule has 0 amide bonds. The van der Waals surface area contributed by atoms with Gasteiger partial charge in [-0.3, -0.25) is 0 Å². The van der Waals surface area contributed by atoms with Gasteiger partial charge in [0.2, 0.25) is 0 Å². The van der Waals surface area contributed by atoms with Crippen LogP contribution in [0.4, 0.5) is 0 Å². The highest BCUT2D eigenvalue weighted by Gasteiger charge is 2.12. The molecule has 100 valence electrons. The van der Waals surface area contributed by atoms with Gasteiger partial charge in [-0.25, -0.2) is 0 Å². The summed E-state index contributed by atoms with van der Waals surface area (Å²) in [6.45, 7) is 10.6. The summed E-state index contributed by atoms with van der Waals surface area (Å²) in [5.41, 5.74) is 2.83. The molecule has 1 aromatic carbocycles. The lowest BCUT2D eigenvalue weighted by molar-refractivity contribution is 0.251. The Morgan fingerprint density at radius 2 is 1.94 bits per heavy atom. The van der Waals surface area contributed by atoms with Crippen LogP contribution >= 0.6 is 0 Å². The molecule has 0 aliphatic carbocycles. The van der Waals surface area contributed by atoms with Crippen LogP contribution in [0.2, 0.25) is 0 Å². The zero-order valence-electron chi connectivity index (χ0n) is 11.8. The van der Waals surface area contributed by atoms with Crippen molar-refractivity contribution < 1.29 is 0 Å². The second kappa shape index (κ2) is 6.91. The molecule has 2 nitrogen and oxygen atoms in total. The van der Waals surface area contributed by atoms with Crippen molar-refractivity contribution in [2.24, 2.45) is 5.92 Å². The number of nitrogens with one attached hydrogen (secondary N) is 1. The zero-order valence-corrected chi connectivity index (χ0v) is 11.8. The predicted octanol–water partition coefficient (Wildman–Crippen LogP) is 2.47. The Balaban J connectivity index is 1.80. The molecule has 0 spiro atoms. The van der Waals surface area contributed by atoms with E-state index in [1.807, 2.05) is 0 Å². The summed E-state index contributed by atoms with van der Waals surface area (Å²) < 4.78 is 0. The van der Waals surface area contributed by atoms with Gasteiger partial charge in [0.05, 0.1) is 0 Å². The molecule has 0 bridgehead atoms. The monoisotopic (exact) mass is 246 g/mol. The molecule has 2 rings (SSSR count). The van der Waals surface area contributed by atoms with Gasteiger partial charge < -0.3 is 10.2 Å². The fraction of sp³-hybridized carbons (Fsp3) is 0.625. The first-order chi connectivity index (χ1) is 8.74. The van der Waals surface area contributed by atoms with Crippen LogP contribution in [0.3, 0.4) is 0 Å². The third-order valence-corrected chi connectivity index (χ3v) is 3.71. The number of nitrogens with zero attached hydrogens (tertiary/aromatic N) is 1. The van der Waals surface area contributed by atoms with Crippen molar-refractivity contribution in [1.82, 2.24) is 10.2 Å². The van der Waals surface area contributed by atoms with Gasteiger partial charge >= 0.3 is 0 Å². The maximum Gasteiger partial charge on any atom is 0.0107 e. The molecule has 1 aliphatic heterocycles. The van der Waals surface area contributed by atoms with Crippen molar-refractivity contribution in [3.05, 3.63) is 35.4 Å². The second-order valence-electron chi connectivity index (χ2n) is 5.70. The van der Waals surface area contributed by atoms with E-state index in [-0.39, 0.29) is 0 Å². The van der Waals surface area contributed by atoms with Crippen molar-refractivity contribution in [3.8, 4) is 0 Å². The van der Waals surface area contributed by atoms with Gasteiger partial charge in [-0.15, -0.1) is 0 Å². The van der Waals surface area contributed by atoms with Crippen molar-refractivity contribution in [2.75, 3.05) is 32.7 Å². The van der Waals surface area contributed by atoms with E-state index >= 15 is 0 Å². The largest absolute Gasteiger partial charge is 0.315 e. The molecule has 1 unspecified atom stereocenters. The summed E-state index contributed by atoms with van der Waals surface area (Å²) in [7, 11) is 0.